The molecule has 150 valence electrons. The molecule has 0 aromatic carbocycles. The van der Waals surface area contributed by atoms with E-state index in [9.17, 15) is 13.2 Å². The number of halogens is 1. The second kappa shape index (κ2) is 8.62. The van der Waals surface area contributed by atoms with Gasteiger partial charge in [-0.05, 0) is 39.0 Å². The molecule has 3 saturated heterocycles. The van der Waals surface area contributed by atoms with Gasteiger partial charge in [-0.3, -0.25) is 9.79 Å². The van der Waals surface area contributed by atoms with Crippen molar-refractivity contribution in [3.05, 3.63) is 0 Å². The fourth-order valence-electron chi connectivity index (χ4n) is 4.16. The number of nitrogens with zero attached hydrogens (tertiary/aromatic N) is 2. The van der Waals surface area contributed by atoms with Gasteiger partial charge in [-0.2, -0.15) is 0 Å². The van der Waals surface area contributed by atoms with Crippen LogP contribution in [0.5, 0.6) is 0 Å². The summed E-state index contributed by atoms with van der Waals surface area (Å²) in [4.78, 5) is 18.7. The lowest BCUT2D eigenvalue weighted by atomic mass is 9.79. The van der Waals surface area contributed by atoms with Crippen LogP contribution in [0.4, 0.5) is 0 Å². The van der Waals surface area contributed by atoms with Gasteiger partial charge < -0.3 is 15.5 Å². The molecular weight excluding hydrogens is 467 g/mol. The summed E-state index contributed by atoms with van der Waals surface area (Å²) in [6.45, 7) is 7.21. The molecule has 0 radical (unpaired) electrons. The first-order valence-electron chi connectivity index (χ1n) is 9.30. The summed E-state index contributed by atoms with van der Waals surface area (Å²) >= 11 is 0. The minimum absolute atomic E-state index is 0. The molecule has 3 fully saturated rings. The summed E-state index contributed by atoms with van der Waals surface area (Å²) in [5.74, 6) is 1.68. The number of carbonyl (C=O) groups excluding carboxylic acids is 1. The van der Waals surface area contributed by atoms with Crippen molar-refractivity contribution in [2.75, 3.05) is 37.7 Å². The molecule has 0 bridgehead atoms. The van der Waals surface area contributed by atoms with E-state index in [0.29, 0.717) is 25.1 Å². The molecule has 3 aliphatic rings. The molecule has 2 atom stereocenters. The van der Waals surface area contributed by atoms with E-state index in [2.05, 4.69) is 29.4 Å². The maximum absolute atomic E-state index is 11.7. The Kier molecular flexibility index (Phi) is 7.20. The number of amides is 1. The van der Waals surface area contributed by atoms with Gasteiger partial charge in [0.05, 0.1) is 11.5 Å². The van der Waals surface area contributed by atoms with E-state index in [1.807, 2.05) is 0 Å². The minimum atomic E-state index is -2.86. The van der Waals surface area contributed by atoms with Gasteiger partial charge in [0.1, 0.15) is 0 Å². The molecule has 9 heteroatoms. The van der Waals surface area contributed by atoms with E-state index >= 15 is 0 Å². The molecule has 2 N–H and O–H groups in total. The predicted octanol–water partition coefficient (Wildman–Crippen LogP) is 0.995. The number of nitrogens with one attached hydrogen (secondary N) is 2. The standard InChI is InChI=1S/C17H30N4O3S.HI/c1-13(2)20-16(18-9-14-4-7-25(23,24)10-14)21-6-3-5-17(12-21)8-15(22)19-11-17;/h13-14H,3-12H2,1-2H3,(H,18,20)(H,19,22);1H. The van der Waals surface area contributed by atoms with E-state index in [1.165, 1.54) is 0 Å². The molecule has 7 nitrogen and oxygen atoms in total. The van der Waals surface area contributed by atoms with Gasteiger partial charge in [-0.15, -0.1) is 24.0 Å². The van der Waals surface area contributed by atoms with Crippen molar-refractivity contribution in [2.24, 2.45) is 16.3 Å². The Balaban J connectivity index is 0.00000243. The fraction of sp³-hybridized carbons (Fsp3) is 0.882. The van der Waals surface area contributed by atoms with E-state index in [1.54, 1.807) is 0 Å². The number of likely N-dealkylation sites (tertiary alicyclic amines) is 1. The third-order valence-corrected chi connectivity index (χ3v) is 7.24. The summed E-state index contributed by atoms with van der Waals surface area (Å²) in [6, 6.07) is 0.257. The summed E-state index contributed by atoms with van der Waals surface area (Å²) in [7, 11) is -2.86. The Morgan fingerprint density at radius 3 is 2.81 bits per heavy atom. The van der Waals surface area contributed by atoms with E-state index in [4.69, 9.17) is 4.99 Å². The highest BCUT2D eigenvalue weighted by atomic mass is 127. The third kappa shape index (κ3) is 5.46. The molecule has 1 spiro atoms. The number of aliphatic imine (C=N–C) groups is 1. The molecule has 0 aliphatic carbocycles. The van der Waals surface area contributed by atoms with Gasteiger partial charge in [0.2, 0.25) is 5.91 Å². The molecule has 0 aromatic heterocycles. The number of hydrogen-bond acceptors (Lipinski definition) is 4. The zero-order valence-electron chi connectivity index (χ0n) is 15.7. The largest absolute Gasteiger partial charge is 0.355 e. The maximum Gasteiger partial charge on any atom is 0.220 e. The summed E-state index contributed by atoms with van der Waals surface area (Å²) < 4.78 is 23.3. The number of piperidine rings is 1. The highest BCUT2D eigenvalue weighted by Gasteiger charge is 2.42. The van der Waals surface area contributed by atoms with E-state index in [0.717, 1.165) is 38.4 Å². The third-order valence-electron chi connectivity index (χ3n) is 5.40. The quantitative estimate of drug-likeness (QED) is 0.344. The number of carbonyl (C=O) groups is 1. The molecule has 3 aliphatic heterocycles. The van der Waals surface area contributed by atoms with Crippen LogP contribution in [0, 0.1) is 11.3 Å². The molecule has 2 unspecified atom stereocenters. The molecule has 0 aromatic rings. The number of guanidine groups is 1. The maximum atomic E-state index is 11.7. The zero-order chi connectivity index (χ0) is 18.1. The second-order valence-electron chi connectivity index (χ2n) is 8.21. The van der Waals surface area contributed by atoms with Crippen LogP contribution in [-0.2, 0) is 14.6 Å². The van der Waals surface area contributed by atoms with Gasteiger partial charge in [0.25, 0.3) is 0 Å². The van der Waals surface area contributed by atoms with Gasteiger partial charge in [-0.1, -0.05) is 0 Å². The lowest BCUT2D eigenvalue weighted by Gasteiger charge is -2.41. The average molecular weight is 498 g/mol. The van der Waals surface area contributed by atoms with Crippen LogP contribution < -0.4 is 10.6 Å². The number of rotatable bonds is 3. The first-order chi connectivity index (χ1) is 11.8. The SMILES string of the molecule is CC(C)NC(=NCC1CCS(=O)(=O)C1)N1CCCC2(CNC(=O)C2)C1.I. The van der Waals surface area contributed by atoms with Gasteiger partial charge in [0, 0.05) is 44.1 Å². The lowest BCUT2D eigenvalue weighted by molar-refractivity contribution is -0.119. The van der Waals surface area contributed by atoms with Crippen LogP contribution in [0.15, 0.2) is 4.99 Å². The second-order valence-corrected chi connectivity index (χ2v) is 10.4. The summed E-state index contributed by atoms with van der Waals surface area (Å²) in [5.41, 5.74) is 0.0193. The Hall–Kier alpha value is -0.580. The van der Waals surface area contributed by atoms with Crippen molar-refractivity contribution in [3.8, 4) is 0 Å². The van der Waals surface area contributed by atoms with Crippen molar-refractivity contribution >= 4 is 45.7 Å². The van der Waals surface area contributed by atoms with Crippen molar-refractivity contribution < 1.29 is 13.2 Å². The summed E-state index contributed by atoms with van der Waals surface area (Å²) in [6.07, 6.45) is 3.42. The van der Waals surface area contributed by atoms with Crippen LogP contribution in [0.2, 0.25) is 0 Å². The number of hydrogen-bond donors (Lipinski definition) is 2. The fourth-order valence-corrected chi connectivity index (χ4v) is 6.01. The van der Waals surface area contributed by atoms with Crippen LogP contribution in [0.1, 0.15) is 39.5 Å². The minimum Gasteiger partial charge on any atom is -0.355 e. The van der Waals surface area contributed by atoms with Crippen molar-refractivity contribution in [1.29, 1.82) is 0 Å². The van der Waals surface area contributed by atoms with Crippen LogP contribution in [0.25, 0.3) is 0 Å². The van der Waals surface area contributed by atoms with Crippen LogP contribution in [-0.4, -0.2) is 68.9 Å². The monoisotopic (exact) mass is 498 g/mol. The van der Waals surface area contributed by atoms with Gasteiger partial charge in [-0.25, -0.2) is 8.42 Å². The highest BCUT2D eigenvalue weighted by Crippen LogP contribution is 2.36. The van der Waals surface area contributed by atoms with Crippen LogP contribution >= 0.6 is 24.0 Å². The number of sulfone groups is 1. The Labute approximate surface area is 173 Å². The Morgan fingerprint density at radius 2 is 2.23 bits per heavy atom. The predicted molar refractivity (Wildman–Crippen MR) is 114 cm³/mol. The first kappa shape index (κ1) is 21.7. The first-order valence-corrected chi connectivity index (χ1v) is 11.1. The molecule has 26 heavy (non-hydrogen) atoms. The van der Waals surface area contributed by atoms with E-state index in [-0.39, 0.29) is 53.0 Å². The molecule has 1 amide bonds. The molecule has 3 rings (SSSR count). The lowest BCUT2D eigenvalue weighted by Crippen LogP contribution is -2.52. The topological polar surface area (TPSA) is 90.9 Å². The Morgan fingerprint density at radius 1 is 1.46 bits per heavy atom. The van der Waals surface area contributed by atoms with Crippen LogP contribution in [0.3, 0.4) is 0 Å². The molecule has 0 saturated carbocycles. The van der Waals surface area contributed by atoms with Gasteiger partial charge >= 0.3 is 0 Å². The smallest absolute Gasteiger partial charge is 0.220 e. The molecular formula is C17H31IN4O3S. The highest BCUT2D eigenvalue weighted by molar-refractivity contribution is 14.0. The normalized spacial score (nSPS) is 31.2. The Bertz CT molecular complexity index is 652. The van der Waals surface area contributed by atoms with Gasteiger partial charge in [0.15, 0.2) is 15.8 Å². The molecule has 3 heterocycles. The zero-order valence-corrected chi connectivity index (χ0v) is 18.8. The van der Waals surface area contributed by atoms with Crippen molar-refractivity contribution in [3.63, 3.8) is 0 Å². The summed E-state index contributed by atoms with van der Waals surface area (Å²) in [5, 5.41) is 6.41. The van der Waals surface area contributed by atoms with Crippen molar-refractivity contribution in [1.82, 2.24) is 15.5 Å². The van der Waals surface area contributed by atoms with E-state index < -0.39 is 9.84 Å². The average Bonchev–Trinajstić information content (AvgIpc) is 3.05. The van der Waals surface area contributed by atoms with Crippen molar-refractivity contribution in [2.45, 2.75) is 45.6 Å².